The highest BCUT2D eigenvalue weighted by atomic mass is 19.4. The van der Waals surface area contributed by atoms with Gasteiger partial charge in [-0.15, -0.1) is 0 Å². The number of alkyl halides is 5. The van der Waals surface area contributed by atoms with E-state index >= 15 is 0 Å². The van der Waals surface area contributed by atoms with Gasteiger partial charge in [0.05, 0.1) is 5.56 Å². The van der Waals surface area contributed by atoms with Crippen LogP contribution in [0.1, 0.15) is 18.4 Å². The van der Waals surface area contributed by atoms with Crippen LogP contribution in [-0.4, -0.2) is 24.0 Å². The maximum atomic E-state index is 12.9. The number of hydrogen-bond donors (Lipinski definition) is 0. The highest BCUT2D eigenvalue weighted by Crippen LogP contribution is 2.32. The number of rotatable bonds is 1. The molecule has 0 aliphatic carbocycles. The maximum absolute atomic E-state index is 12.9. The third kappa shape index (κ3) is 2.88. The van der Waals surface area contributed by atoms with Gasteiger partial charge in [0.15, 0.2) is 0 Å². The Labute approximate surface area is 100 Å². The van der Waals surface area contributed by atoms with Crippen molar-refractivity contribution in [1.29, 1.82) is 0 Å². The number of nitrogens with zero attached hydrogens (tertiary/aromatic N) is 2. The van der Waals surface area contributed by atoms with E-state index in [2.05, 4.69) is 4.98 Å². The molecule has 1 aliphatic heterocycles. The van der Waals surface area contributed by atoms with Crippen molar-refractivity contribution in [3.63, 3.8) is 0 Å². The van der Waals surface area contributed by atoms with Gasteiger partial charge in [-0.3, -0.25) is 0 Å². The molecule has 0 N–H and O–H groups in total. The van der Waals surface area contributed by atoms with Crippen LogP contribution in [0.15, 0.2) is 18.3 Å². The SMILES string of the molecule is FC1(F)CCN(c2ccc(C(F)(F)F)cn2)CC1. The molecular weight excluding hydrogens is 255 g/mol. The van der Waals surface area contributed by atoms with E-state index in [9.17, 15) is 22.0 Å². The molecule has 2 heterocycles. The van der Waals surface area contributed by atoms with Gasteiger partial charge in [0.25, 0.3) is 5.92 Å². The second-order valence-electron chi connectivity index (χ2n) is 4.25. The highest BCUT2D eigenvalue weighted by Gasteiger charge is 2.35. The number of aromatic nitrogens is 1. The number of pyridine rings is 1. The summed E-state index contributed by atoms with van der Waals surface area (Å²) in [5.41, 5.74) is -0.839. The second kappa shape index (κ2) is 4.37. The van der Waals surface area contributed by atoms with Gasteiger partial charge in [0.1, 0.15) is 5.82 Å². The third-order valence-corrected chi connectivity index (χ3v) is 2.89. The van der Waals surface area contributed by atoms with E-state index in [1.165, 1.54) is 6.07 Å². The first-order valence-corrected chi connectivity index (χ1v) is 5.44. The first kappa shape index (κ1) is 13.0. The van der Waals surface area contributed by atoms with E-state index in [0.29, 0.717) is 5.82 Å². The largest absolute Gasteiger partial charge is 0.417 e. The molecule has 0 atom stereocenters. The molecule has 0 spiro atoms. The zero-order valence-electron chi connectivity index (χ0n) is 9.34. The van der Waals surface area contributed by atoms with Crippen molar-refractivity contribution in [1.82, 2.24) is 4.98 Å². The first-order valence-electron chi connectivity index (χ1n) is 5.44. The molecule has 100 valence electrons. The lowest BCUT2D eigenvalue weighted by Gasteiger charge is -2.32. The Morgan fingerprint density at radius 2 is 1.72 bits per heavy atom. The molecule has 0 aromatic carbocycles. The van der Waals surface area contributed by atoms with Gasteiger partial charge < -0.3 is 4.90 Å². The summed E-state index contributed by atoms with van der Waals surface area (Å²) in [7, 11) is 0. The number of hydrogen-bond acceptors (Lipinski definition) is 2. The number of anilines is 1. The predicted octanol–water partition coefficient (Wildman–Crippen LogP) is 3.34. The average Bonchev–Trinajstić information content (AvgIpc) is 2.28. The number of piperidine rings is 1. The van der Waals surface area contributed by atoms with Gasteiger partial charge in [-0.1, -0.05) is 0 Å². The van der Waals surface area contributed by atoms with Crippen LogP contribution in [0, 0.1) is 0 Å². The van der Waals surface area contributed by atoms with Crippen molar-refractivity contribution in [2.75, 3.05) is 18.0 Å². The molecule has 0 amide bonds. The van der Waals surface area contributed by atoms with Crippen LogP contribution in [-0.2, 0) is 6.18 Å². The average molecular weight is 266 g/mol. The smallest absolute Gasteiger partial charge is 0.356 e. The molecule has 0 saturated carbocycles. The second-order valence-corrected chi connectivity index (χ2v) is 4.25. The molecule has 1 saturated heterocycles. The minimum absolute atomic E-state index is 0.103. The third-order valence-electron chi connectivity index (χ3n) is 2.89. The van der Waals surface area contributed by atoms with Crippen LogP contribution in [0.4, 0.5) is 27.8 Å². The van der Waals surface area contributed by atoms with E-state index in [1.54, 1.807) is 4.90 Å². The quantitative estimate of drug-likeness (QED) is 0.725. The van der Waals surface area contributed by atoms with Crippen molar-refractivity contribution < 1.29 is 22.0 Å². The highest BCUT2D eigenvalue weighted by molar-refractivity contribution is 5.40. The zero-order valence-corrected chi connectivity index (χ0v) is 9.34. The van der Waals surface area contributed by atoms with Gasteiger partial charge in [-0.2, -0.15) is 13.2 Å². The molecule has 0 bridgehead atoms. The van der Waals surface area contributed by atoms with Crippen LogP contribution in [0.25, 0.3) is 0 Å². The van der Waals surface area contributed by atoms with Crippen LogP contribution in [0.3, 0.4) is 0 Å². The van der Waals surface area contributed by atoms with E-state index < -0.39 is 17.7 Å². The van der Waals surface area contributed by atoms with Crippen molar-refractivity contribution >= 4 is 5.82 Å². The summed E-state index contributed by atoms with van der Waals surface area (Å²) in [6, 6.07) is 2.13. The van der Waals surface area contributed by atoms with Gasteiger partial charge in [0, 0.05) is 32.1 Å². The fraction of sp³-hybridized carbons (Fsp3) is 0.545. The lowest BCUT2D eigenvalue weighted by molar-refractivity contribution is -0.137. The summed E-state index contributed by atoms with van der Waals surface area (Å²) in [6.07, 6.45) is -4.30. The molecule has 18 heavy (non-hydrogen) atoms. The summed E-state index contributed by atoms with van der Waals surface area (Å²) in [5, 5.41) is 0. The maximum Gasteiger partial charge on any atom is 0.417 e. The van der Waals surface area contributed by atoms with Crippen LogP contribution in [0.5, 0.6) is 0 Å². The van der Waals surface area contributed by atoms with E-state index in [1.807, 2.05) is 0 Å². The lowest BCUT2D eigenvalue weighted by Crippen LogP contribution is -2.39. The van der Waals surface area contributed by atoms with Crippen LogP contribution in [0.2, 0.25) is 0 Å². The Morgan fingerprint density at radius 3 is 2.17 bits per heavy atom. The standard InChI is InChI=1S/C11H11F5N2/c12-10(13)3-5-18(6-4-10)9-2-1-8(7-17-9)11(14,15)16/h1-2,7H,3-6H2. The summed E-state index contributed by atoms with van der Waals surface area (Å²) >= 11 is 0. The van der Waals surface area contributed by atoms with Crippen molar-refractivity contribution in [3.05, 3.63) is 23.9 Å². The molecule has 1 aliphatic rings. The molecule has 1 aromatic rings. The molecular formula is C11H11F5N2. The van der Waals surface area contributed by atoms with E-state index in [4.69, 9.17) is 0 Å². The van der Waals surface area contributed by atoms with E-state index in [0.717, 1.165) is 12.3 Å². The monoisotopic (exact) mass is 266 g/mol. The fourth-order valence-electron chi connectivity index (χ4n) is 1.80. The Kier molecular flexibility index (Phi) is 3.16. The molecule has 2 nitrogen and oxygen atoms in total. The van der Waals surface area contributed by atoms with Gasteiger partial charge >= 0.3 is 6.18 Å². The Bertz CT molecular complexity index is 402. The van der Waals surface area contributed by atoms with E-state index in [-0.39, 0.29) is 25.9 Å². The predicted molar refractivity (Wildman–Crippen MR) is 55.6 cm³/mol. The molecule has 2 rings (SSSR count). The van der Waals surface area contributed by atoms with Crippen LogP contribution >= 0.6 is 0 Å². The Balaban J connectivity index is 2.07. The molecule has 7 heteroatoms. The Morgan fingerprint density at radius 1 is 1.11 bits per heavy atom. The van der Waals surface area contributed by atoms with Crippen molar-refractivity contribution in [2.24, 2.45) is 0 Å². The molecule has 0 radical (unpaired) electrons. The van der Waals surface area contributed by atoms with Gasteiger partial charge in [-0.25, -0.2) is 13.8 Å². The summed E-state index contributed by atoms with van der Waals surface area (Å²) in [4.78, 5) is 5.24. The summed E-state index contributed by atoms with van der Waals surface area (Å²) in [5.74, 6) is -2.37. The van der Waals surface area contributed by atoms with Gasteiger partial charge in [-0.05, 0) is 12.1 Å². The Hall–Kier alpha value is -1.40. The molecule has 0 unspecified atom stereocenters. The summed E-state index contributed by atoms with van der Waals surface area (Å²) in [6.45, 7) is 0.205. The van der Waals surface area contributed by atoms with Gasteiger partial charge in [0.2, 0.25) is 0 Å². The summed E-state index contributed by atoms with van der Waals surface area (Å²) < 4.78 is 62.8. The van der Waals surface area contributed by atoms with Crippen LogP contribution < -0.4 is 4.90 Å². The molecule has 1 aromatic heterocycles. The first-order chi connectivity index (χ1) is 8.28. The topological polar surface area (TPSA) is 16.1 Å². The normalized spacial score (nSPS) is 19.9. The minimum atomic E-state index is -4.43. The fourth-order valence-corrected chi connectivity index (χ4v) is 1.80. The van der Waals surface area contributed by atoms with Crippen molar-refractivity contribution in [2.45, 2.75) is 24.9 Å². The molecule has 1 fully saturated rings. The number of halogens is 5. The van der Waals surface area contributed by atoms with Crippen molar-refractivity contribution in [3.8, 4) is 0 Å². The lowest BCUT2D eigenvalue weighted by atomic mass is 10.1. The zero-order chi connectivity index (χ0) is 13.4. The minimum Gasteiger partial charge on any atom is -0.356 e.